The number of hydrogen-bond donors (Lipinski definition) is 1. The fourth-order valence-corrected chi connectivity index (χ4v) is 3.61. The molecule has 0 spiro atoms. The zero-order valence-electron chi connectivity index (χ0n) is 19.3. The van der Waals surface area contributed by atoms with Crippen molar-refractivity contribution in [3.8, 4) is 11.5 Å². The second-order valence-corrected chi connectivity index (χ2v) is 7.95. The Morgan fingerprint density at radius 3 is 2.41 bits per heavy atom. The molecule has 174 valence electrons. The van der Waals surface area contributed by atoms with Gasteiger partial charge in [0.2, 0.25) is 0 Å². The van der Waals surface area contributed by atoms with Crippen molar-refractivity contribution >= 4 is 11.6 Å². The van der Waals surface area contributed by atoms with Crippen LogP contribution in [0.25, 0.3) is 0 Å². The summed E-state index contributed by atoms with van der Waals surface area (Å²) in [7, 11) is 1.64. The van der Waals surface area contributed by atoms with Crippen molar-refractivity contribution in [1.29, 1.82) is 0 Å². The van der Waals surface area contributed by atoms with Gasteiger partial charge in [-0.05, 0) is 73.5 Å². The van der Waals surface area contributed by atoms with Crippen LogP contribution in [0.3, 0.4) is 0 Å². The molecule has 0 atom stereocenters. The lowest BCUT2D eigenvalue weighted by atomic mass is 10.1. The Labute approximate surface area is 198 Å². The SMILES string of the molecule is COc1cccc(Cn2nc(C)c(NC(=O)c3ccc(COc4ccc(F)cc4)cc3)c2C)c1. The summed E-state index contributed by atoms with van der Waals surface area (Å²) in [4.78, 5) is 12.9. The molecule has 1 amide bonds. The minimum absolute atomic E-state index is 0.210. The summed E-state index contributed by atoms with van der Waals surface area (Å²) in [5.74, 6) is 0.858. The molecule has 6 nitrogen and oxygen atoms in total. The molecule has 3 aromatic carbocycles. The Balaban J connectivity index is 1.40. The molecule has 0 bridgehead atoms. The van der Waals surface area contributed by atoms with Crippen LogP contribution in [0.2, 0.25) is 0 Å². The third kappa shape index (κ3) is 5.43. The molecular formula is C27H26FN3O3. The number of nitrogens with one attached hydrogen (secondary N) is 1. The maximum Gasteiger partial charge on any atom is 0.255 e. The van der Waals surface area contributed by atoms with Crippen molar-refractivity contribution in [3.05, 3.63) is 107 Å². The molecular weight excluding hydrogens is 433 g/mol. The van der Waals surface area contributed by atoms with Crippen molar-refractivity contribution in [2.45, 2.75) is 27.0 Å². The predicted octanol–water partition coefficient (Wildman–Crippen LogP) is 5.53. The fraction of sp³-hybridized carbons (Fsp3) is 0.185. The van der Waals surface area contributed by atoms with Crippen LogP contribution in [0.1, 0.15) is 32.9 Å². The van der Waals surface area contributed by atoms with Gasteiger partial charge in [0.25, 0.3) is 5.91 Å². The zero-order valence-corrected chi connectivity index (χ0v) is 19.3. The van der Waals surface area contributed by atoms with Gasteiger partial charge in [0.15, 0.2) is 0 Å². The Morgan fingerprint density at radius 1 is 0.971 bits per heavy atom. The lowest BCUT2D eigenvalue weighted by Gasteiger charge is -2.09. The number of hydrogen-bond acceptors (Lipinski definition) is 4. The van der Waals surface area contributed by atoms with Gasteiger partial charge in [0.1, 0.15) is 23.9 Å². The molecule has 0 aliphatic carbocycles. The van der Waals surface area contributed by atoms with Gasteiger partial charge in [-0.2, -0.15) is 5.10 Å². The van der Waals surface area contributed by atoms with Crippen molar-refractivity contribution in [2.24, 2.45) is 0 Å². The first kappa shape index (κ1) is 23.0. The largest absolute Gasteiger partial charge is 0.497 e. The summed E-state index contributed by atoms with van der Waals surface area (Å²) < 4.78 is 25.8. The maximum atomic E-state index is 13.0. The van der Waals surface area contributed by atoms with Gasteiger partial charge in [-0.15, -0.1) is 0 Å². The van der Waals surface area contributed by atoms with Crippen LogP contribution in [0.4, 0.5) is 10.1 Å². The summed E-state index contributed by atoms with van der Waals surface area (Å²) in [5, 5.41) is 7.59. The van der Waals surface area contributed by atoms with Crippen molar-refractivity contribution in [1.82, 2.24) is 9.78 Å². The fourth-order valence-electron chi connectivity index (χ4n) is 3.61. The molecule has 4 rings (SSSR count). The van der Waals surface area contributed by atoms with Gasteiger partial charge < -0.3 is 14.8 Å². The van der Waals surface area contributed by atoms with Crippen LogP contribution in [0, 0.1) is 19.7 Å². The number of anilines is 1. The average molecular weight is 460 g/mol. The van der Waals surface area contributed by atoms with Crippen LogP contribution >= 0.6 is 0 Å². The van der Waals surface area contributed by atoms with E-state index in [4.69, 9.17) is 9.47 Å². The molecule has 4 aromatic rings. The molecule has 0 saturated heterocycles. The van der Waals surface area contributed by atoms with E-state index in [0.717, 1.165) is 28.3 Å². The Morgan fingerprint density at radius 2 is 1.71 bits per heavy atom. The monoisotopic (exact) mass is 459 g/mol. The number of carbonyl (C=O) groups excluding carboxylic acids is 1. The van der Waals surface area contributed by atoms with Gasteiger partial charge in [-0.1, -0.05) is 24.3 Å². The minimum Gasteiger partial charge on any atom is -0.497 e. The molecule has 1 N–H and O–H groups in total. The van der Waals surface area contributed by atoms with Crippen LogP contribution < -0.4 is 14.8 Å². The zero-order chi connectivity index (χ0) is 24.1. The molecule has 0 saturated carbocycles. The van der Waals surface area contributed by atoms with Crippen molar-refractivity contribution < 1.29 is 18.7 Å². The number of carbonyl (C=O) groups is 1. The van der Waals surface area contributed by atoms with E-state index < -0.39 is 0 Å². The average Bonchev–Trinajstić information content (AvgIpc) is 3.11. The van der Waals surface area contributed by atoms with Crippen LogP contribution in [-0.2, 0) is 13.2 Å². The Hall–Kier alpha value is -4.13. The number of aromatic nitrogens is 2. The van der Waals surface area contributed by atoms with Crippen molar-refractivity contribution in [2.75, 3.05) is 12.4 Å². The lowest BCUT2D eigenvalue weighted by Crippen LogP contribution is -2.13. The van der Waals surface area contributed by atoms with Crippen LogP contribution in [0.15, 0.2) is 72.8 Å². The summed E-state index contributed by atoms with van der Waals surface area (Å²) in [6.07, 6.45) is 0. The molecule has 1 aromatic heterocycles. The molecule has 34 heavy (non-hydrogen) atoms. The molecule has 0 fully saturated rings. The normalized spacial score (nSPS) is 10.7. The number of halogens is 1. The van der Waals surface area contributed by atoms with Gasteiger partial charge in [0, 0.05) is 5.56 Å². The summed E-state index contributed by atoms with van der Waals surface area (Å²) in [6, 6.07) is 20.9. The predicted molar refractivity (Wildman–Crippen MR) is 129 cm³/mol. The number of ether oxygens (including phenoxy) is 2. The van der Waals surface area contributed by atoms with E-state index in [-0.39, 0.29) is 11.7 Å². The third-order valence-electron chi connectivity index (χ3n) is 5.52. The maximum absolute atomic E-state index is 13.0. The first-order valence-electron chi connectivity index (χ1n) is 10.9. The van der Waals surface area contributed by atoms with Gasteiger partial charge in [-0.25, -0.2) is 4.39 Å². The van der Waals surface area contributed by atoms with E-state index in [1.165, 1.54) is 12.1 Å². The number of aryl methyl sites for hydroxylation is 1. The number of benzene rings is 3. The van der Waals surface area contributed by atoms with Gasteiger partial charge >= 0.3 is 0 Å². The second-order valence-electron chi connectivity index (χ2n) is 7.95. The molecule has 0 aliphatic heterocycles. The molecule has 0 radical (unpaired) electrons. The van der Waals surface area contributed by atoms with Crippen molar-refractivity contribution in [3.63, 3.8) is 0 Å². The highest BCUT2D eigenvalue weighted by Gasteiger charge is 2.16. The van der Waals surface area contributed by atoms with Gasteiger partial charge in [0.05, 0.1) is 30.7 Å². The molecule has 0 unspecified atom stereocenters. The van der Waals surface area contributed by atoms with Crippen LogP contribution in [0.5, 0.6) is 11.5 Å². The van der Waals surface area contributed by atoms with E-state index in [1.54, 1.807) is 31.4 Å². The molecule has 0 aliphatic rings. The summed E-state index contributed by atoms with van der Waals surface area (Å²) >= 11 is 0. The minimum atomic E-state index is -0.306. The van der Waals surface area contributed by atoms with E-state index in [1.807, 2.05) is 54.9 Å². The molecule has 7 heteroatoms. The number of rotatable bonds is 8. The van der Waals surface area contributed by atoms with Gasteiger partial charge in [-0.3, -0.25) is 9.48 Å². The quantitative estimate of drug-likeness (QED) is 0.376. The number of amides is 1. The lowest BCUT2D eigenvalue weighted by molar-refractivity contribution is 0.102. The van der Waals surface area contributed by atoms with E-state index >= 15 is 0 Å². The topological polar surface area (TPSA) is 65.4 Å². The molecule has 1 heterocycles. The first-order chi connectivity index (χ1) is 16.4. The van der Waals surface area contributed by atoms with E-state index in [0.29, 0.717) is 30.2 Å². The first-order valence-corrected chi connectivity index (χ1v) is 10.9. The Bertz CT molecular complexity index is 1280. The number of methoxy groups -OCH3 is 1. The summed E-state index contributed by atoms with van der Waals surface area (Å²) in [6.45, 7) is 4.71. The van der Waals surface area contributed by atoms with E-state index in [9.17, 15) is 9.18 Å². The summed E-state index contributed by atoms with van der Waals surface area (Å²) in [5.41, 5.74) is 4.82. The Kier molecular flexibility index (Phi) is 6.92. The highest BCUT2D eigenvalue weighted by molar-refractivity contribution is 6.04. The van der Waals surface area contributed by atoms with Crippen LogP contribution in [-0.4, -0.2) is 22.8 Å². The highest BCUT2D eigenvalue weighted by atomic mass is 19.1. The standard InChI is InChI=1S/C27H26FN3O3/c1-18-26(19(2)31(30-18)16-21-5-4-6-25(15-21)33-3)29-27(32)22-9-7-20(8-10-22)17-34-24-13-11-23(28)12-14-24/h4-15H,16-17H2,1-3H3,(H,29,32). The van der Waals surface area contributed by atoms with E-state index in [2.05, 4.69) is 10.4 Å². The highest BCUT2D eigenvalue weighted by Crippen LogP contribution is 2.23. The third-order valence-corrected chi connectivity index (χ3v) is 5.52. The number of nitrogens with zero attached hydrogens (tertiary/aromatic N) is 2. The smallest absolute Gasteiger partial charge is 0.255 e. The second kappa shape index (κ2) is 10.2.